The minimum Gasteiger partial charge on any atom is -0.478 e. The van der Waals surface area contributed by atoms with Gasteiger partial charge in [-0.25, -0.2) is 19.1 Å². The normalized spacial score (nSPS) is 10.9. The Morgan fingerprint density at radius 1 is 1.35 bits per heavy atom. The molecule has 0 heterocycles. The Labute approximate surface area is 97.1 Å². The number of carboxylic acid groups (broad SMARTS) is 1. The van der Waals surface area contributed by atoms with Gasteiger partial charge in [0.1, 0.15) is 5.75 Å². The lowest BCUT2D eigenvalue weighted by molar-refractivity contribution is -0.118. The Balaban J connectivity index is 3.11. The van der Waals surface area contributed by atoms with Crippen molar-refractivity contribution < 1.29 is 23.1 Å². The van der Waals surface area contributed by atoms with Crippen LogP contribution in [0.25, 0.3) is 0 Å². The predicted octanol–water partition coefficient (Wildman–Crippen LogP) is -0.852. The maximum absolute atomic E-state index is 11.7. The highest BCUT2D eigenvalue weighted by Crippen LogP contribution is 2.13. The molecular formula is C9H10N2O5S. The summed E-state index contributed by atoms with van der Waals surface area (Å²) in [4.78, 5) is 21.3. The summed E-state index contributed by atoms with van der Waals surface area (Å²) in [6.45, 7) is 0. The first-order chi connectivity index (χ1) is 7.86. The molecule has 1 aromatic rings. The van der Waals surface area contributed by atoms with Crippen LogP contribution < -0.4 is 11.3 Å². The van der Waals surface area contributed by atoms with Crippen molar-refractivity contribution in [2.45, 2.75) is 4.90 Å². The maximum Gasteiger partial charge on any atom is 0.335 e. The van der Waals surface area contributed by atoms with Crippen LogP contribution in [0.3, 0.4) is 0 Å². The Morgan fingerprint density at radius 3 is 2.53 bits per heavy atom. The Morgan fingerprint density at radius 2 is 2.00 bits per heavy atom. The number of benzene rings is 1. The lowest BCUT2D eigenvalue weighted by Crippen LogP contribution is -2.35. The lowest BCUT2D eigenvalue weighted by Gasteiger charge is -2.04. The number of aromatic carboxylic acids is 1. The number of rotatable bonds is 4. The quantitative estimate of drug-likeness (QED) is 0.367. The Kier molecular flexibility index (Phi) is 3.81. The average Bonchev–Trinajstić information content (AvgIpc) is 2.28. The minimum atomic E-state index is -3.88. The molecule has 0 unspecified atom stereocenters. The van der Waals surface area contributed by atoms with Gasteiger partial charge in [-0.05, 0) is 18.2 Å². The number of nitrogens with two attached hydrogens (primary N) is 1. The average molecular weight is 258 g/mol. The molecule has 0 radical (unpaired) electrons. The molecular weight excluding hydrogens is 248 g/mol. The predicted molar refractivity (Wildman–Crippen MR) is 57.8 cm³/mol. The van der Waals surface area contributed by atoms with Crippen molar-refractivity contribution in [2.24, 2.45) is 5.84 Å². The van der Waals surface area contributed by atoms with Crippen molar-refractivity contribution in [1.29, 1.82) is 0 Å². The maximum atomic E-state index is 11.7. The summed E-state index contributed by atoms with van der Waals surface area (Å²) >= 11 is 0. The third-order valence-corrected chi connectivity index (χ3v) is 3.54. The van der Waals surface area contributed by atoms with Crippen LogP contribution in [0.1, 0.15) is 10.4 Å². The number of hydrogen-bond donors (Lipinski definition) is 3. The molecule has 1 amide bonds. The summed E-state index contributed by atoms with van der Waals surface area (Å²) in [5, 5.41) is 8.71. The van der Waals surface area contributed by atoms with Gasteiger partial charge in [-0.15, -0.1) is 0 Å². The van der Waals surface area contributed by atoms with Gasteiger partial charge >= 0.3 is 5.97 Å². The molecule has 0 saturated heterocycles. The molecule has 8 heteroatoms. The fourth-order valence-corrected chi connectivity index (χ4v) is 2.31. The van der Waals surface area contributed by atoms with E-state index >= 15 is 0 Å². The molecule has 7 nitrogen and oxygen atoms in total. The number of nitrogens with one attached hydrogen (secondary N) is 1. The van der Waals surface area contributed by atoms with Crippen molar-refractivity contribution in [1.82, 2.24) is 5.43 Å². The van der Waals surface area contributed by atoms with Gasteiger partial charge in [0.05, 0.1) is 10.5 Å². The van der Waals surface area contributed by atoms with E-state index in [4.69, 9.17) is 10.9 Å². The van der Waals surface area contributed by atoms with E-state index in [1.165, 1.54) is 18.2 Å². The van der Waals surface area contributed by atoms with Gasteiger partial charge in [0, 0.05) is 0 Å². The fourth-order valence-electron chi connectivity index (χ4n) is 1.12. The van der Waals surface area contributed by atoms with Crippen molar-refractivity contribution in [3.63, 3.8) is 0 Å². The lowest BCUT2D eigenvalue weighted by atomic mass is 10.2. The number of amides is 1. The van der Waals surface area contributed by atoms with Crippen LogP contribution >= 0.6 is 0 Å². The summed E-state index contributed by atoms with van der Waals surface area (Å²) < 4.78 is 23.3. The third-order valence-electron chi connectivity index (χ3n) is 1.92. The standard InChI is InChI=1S/C9H10N2O5S/c10-11-8(12)5-17(15,16)7-3-1-2-6(4-7)9(13)14/h1-4H,5,10H2,(H,11,12)(H,13,14). The highest BCUT2D eigenvalue weighted by Gasteiger charge is 2.19. The molecule has 0 spiro atoms. The SMILES string of the molecule is NNC(=O)CS(=O)(=O)c1cccc(C(=O)O)c1. The minimum absolute atomic E-state index is 0.167. The van der Waals surface area contributed by atoms with Crippen molar-refractivity contribution in [3.05, 3.63) is 29.8 Å². The largest absolute Gasteiger partial charge is 0.478 e. The molecule has 0 bridgehead atoms. The first-order valence-electron chi connectivity index (χ1n) is 4.42. The van der Waals surface area contributed by atoms with Gasteiger partial charge < -0.3 is 5.11 Å². The topological polar surface area (TPSA) is 127 Å². The molecule has 1 rings (SSSR count). The molecule has 4 N–H and O–H groups in total. The van der Waals surface area contributed by atoms with Gasteiger partial charge in [-0.2, -0.15) is 0 Å². The first kappa shape index (κ1) is 13.1. The fraction of sp³-hybridized carbons (Fsp3) is 0.111. The van der Waals surface area contributed by atoms with E-state index in [2.05, 4.69) is 0 Å². The van der Waals surface area contributed by atoms with E-state index in [0.29, 0.717) is 0 Å². The molecule has 0 aliphatic carbocycles. The molecule has 0 aliphatic heterocycles. The molecule has 0 aromatic heterocycles. The Hall–Kier alpha value is -1.93. The van der Waals surface area contributed by atoms with Gasteiger partial charge in [0.2, 0.25) is 5.91 Å². The first-order valence-corrected chi connectivity index (χ1v) is 6.07. The van der Waals surface area contributed by atoms with Crippen LogP contribution in [0.5, 0.6) is 0 Å². The van der Waals surface area contributed by atoms with E-state index < -0.39 is 27.5 Å². The third kappa shape index (κ3) is 3.26. The van der Waals surface area contributed by atoms with Crippen LogP contribution in [0.2, 0.25) is 0 Å². The Bertz CT molecular complexity index is 552. The molecule has 0 atom stereocenters. The van der Waals surface area contributed by atoms with Gasteiger partial charge in [-0.3, -0.25) is 10.2 Å². The van der Waals surface area contributed by atoms with Gasteiger partial charge in [0.25, 0.3) is 0 Å². The van der Waals surface area contributed by atoms with Crippen molar-refractivity contribution in [2.75, 3.05) is 5.75 Å². The highest BCUT2D eigenvalue weighted by atomic mass is 32.2. The van der Waals surface area contributed by atoms with E-state index in [1.807, 2.05) is 0 Å². The summed E-state index contributed by atoms with van der Waals surface area (Å²) in [7, 11) is -3.88. The molecule has 0 saturated carbocycles. The number of sulfone groups is 1. The molecule has 17 heavy (non-hydrogen) atoms. The summed E-state index contributed by atoms with van der Waals surface area (Å²) in [6.07, 6.45) is 0. The zero-order valence-electron chi connectivity index (χ0n) is 8.58. The van der Waals surface area contributed by atoms with Crippen LogP contribution in [0.4, 0.5) is 0 Å². The second-order valence-corrected chi connectivity index (χ2v) is 5.15. The van der Waals surface area contributed by atoms with Crippen molar-refractivity contribution in [3.8, 4) is 0 Å². The smallest absolute Gasteiger partial charge is 0.335 e. The molecule has 0 fully saturated rings. The summed E-state index contributed by atoms with van der Waals surface area (Å²) in [6, 6.07) is 4.74. The van der Waals surface area contributed by atoms with Crippen LogP contribution in [0.15, 0.2) is 29.2 Å². The van der Waals surface area contributed by atoms with E-state index in [1.54, 1.807) is 5.43 Å². The van der Waals surface area contributed by atoms with Gasteiger partial charge in [0.15, 0.2) is 9.84 Å². The van der Waals surface area contributed by atoms with Crippen LogP contribution in [-0.2, 0) is 14.6 Å². The zero-order chi connectivity index (χ0) is 13.1. The number of carboxylic acids is 1. The highest BCUT2D eigenvalue weighted by molar-refractivity contribution is 7.92. The summed E-state index contributed by atoms with van der Waals surface area (Å²) in [5.41, 5.74) is 1.53. The van der Waals surface area contributed by atoms with Crippen molar-refractivity contribution >= 4 is 21.7 Å². The zero-order valence-corrected chi connectivity index (χ0v) is 9.40. The molecule has 0 aliphatic rings. The van der Waals surface area contributed by atoms with Crippen LogP contribution in [-0.4, -0.2) is 31.2 Å². The monoisotopic (exact) mass is 258 g/mol. The molecule has 1 aromatic carbocycles. The second-order valence-electron chi connectivity index (χ2n) is 3.16. The molecule has 92 valence electrons. The number of carbonyl (C=O) groups is 2. The van der Waals surface area contributed by atoms with E-state index in [9.17, 15) is 18.0 Å². The van der Waals surface area contributed by atoms with E-state index in [0.717, 1.165) is 6.07 Å². The summed E-state index contributed by atoms with van der Waals surface area (Å²) in [5.74, 6) is 1.84. The number of carbonyl (C=O) groups excluding carboxylic acids is 1. The number of hydrogen-bond acceptors (Lipinski definition) is 5. The second kappa shape index (κ2) is 4.93. The van der Waals surface area contributed by atoms with Crippen LogP contribution in [0, 0.1) is 0 Å². The van der Waals surface area contributed by atoms with Gasteiger partial charge in [-0.1, -0.05) is 6.07 Å². The van der Waals surface area contributed by atoms with E-state index in [-0.39, 0.29) is 10.5 Å². The number of hydrazine groups is 1.